The van der Waals surface area contributed by atoms with Gasteiger partial charge in [-0.2, -0.15) is 4.31 Å². The maximum absolute atomic E-state index is 13.0. The molecule has 3 rings (SSSR count). The lowest BCUT2D eigenvalue weighted by molar-refractivity contribution is 0.0898. The van der Waals surface area contributed by atoms with Crippen LogP contribution < -0.4 is 9.47 Å². The molecular weight excluding hydrogens is 416 g/mol. The molecule has 0 N–H and O–H groups in total. The first-order valence-corrected chi connectivity index (χ1v) is 10.9. The van der Waals surface area contributed by atoms with E-state index in [9.17, 15) is 13.2 Å². The van der Waals surface area contributed by atoms with Crippen LogP contribution in [0.2, 0.25) is 5.02 Å². The molecule has 7 nitrogen and oxygen atoms in total. The second kappa shape index (κ2) is 9.13. The van der Waals surface area contributed by atoms with Crippen LogP contribution in [0.5, 0.6) is 11.5 Å². The van der Waals surface area contributed by atoms with Crippen molar-refractivity contribution in [3.8, 4) is 11.5 Å². The molecule has 0 amide bonds. The average Bonchev–Trinajstić information content (AvgIpc) is 2.74. The van der Waals surface area contributed by atoms with E-state index in [1.807, 2.05) is 11.0 Å². The molecule has 29 heavy (non-hydrogen) atoms. The fourth-order valence-corrected chi connectivity index (χ4v) is 5.12. The molecule has 0 bridgehead atoms. The van der Waals surface area contributed by atoms with E-state index in [2.05, 4.69) is 0 Å². The summed E-state index contributed by atoms with van der Waals surface area (Å²) in [5.74, 6) is 0.727. The summed E-state index contributed by atoms with van der Waals surface area (Å²) < 4.78 is 37.9. The molecule has 2 aromatic rings. The van der Waals surface area contributed by atoms with E-state index in [-0.39, 0.29) is 36.1 Å². The van der Waals surface area contributed by atoms with E-state index in [1.165, 1.54) is 30.7 Å². The van der Waals surface area contributed by atoms with Crippen LogP contribution >= 0.6 is 11.6 Å². The van der Waals surface area contributed by atoms with E-state index in [1.54, 1.807) is 24.3 Å². The Kier molecular flexibility index (Phi) is 6.79. The van der Waals surface area contributed by atoms with Crippen LogP contribution in [0.3, 0.4) is 0 Å². The van der Waals surface area contributed by atoms with Gasteiger partial charge in [0.05, 0.1) is 26.3 Å². The highest BCUT2D eigenvalue weighted by molar-refractivity contribution is 7.89. The fraction of sp³-hybridized carbons (Fsp3) is 0.350. The highest BCUT2D eigenvalue weighted by Gasteiger charge is 2.31. The maximum Gasteiger partial charge on any atom is 0.246 e. The van der Waals surface area contributed by atoms with Crippen LogP contribution in [0.1, 0.15) is 10.4 Å². The Hall–Kier alpha value is -2.13. The van der Waals surface area contributed by atoms with Crippen molar-refractivity contribution in [1.82, 2.24) is 9.21 Å². The second-order valence-electron chi connectivity index (χ2n) is 6.60. The third-order valence-electron chi connectivity index (χ3n) is 4.85. The Labute approximate surface area is 175 Å². The zero-order valence-electron chi connectivity index (χ0n) is 16.3. The number of halogens is 1. The maximum atomic E-state index is 13.0. The van der Waals surface area contributed by atoms with Crippen LogP contribution in [0.15, 0.2) is 47.4 Å². The molecule has 1 fully saturated rings. The van der Waals surface area contributed by atoms with E-state index in [0.717, 1.165) is 0 Å². The van der Waals surface area contributed by atoms with Crippen LogP contribution in [0, 0.1) is 0 Å². The molecule has 0 aromatic heterocycles. The van der Waals surface area contributed by atoms with E-state index >= 15 is 0 Å². The van der Waals surface area contributed by atoms with Gasteiger partial charge in [0.2, 0.25) is 10.0 Å². The number of methoxy groups -OCH3 is 2. The molecule has 2 aromatic carbocycles. The van der Waals surface area contributed by atoms with Gasteiger partial charge in [0.25, 0.3) is 0 Å². The predicted molar refractivity (Wildman–Crippen MR) is 111 cm³/mol. The van der Waals surface area contributed by atoms with Crippen molar-refractivity contribution in [3.63, 3.8) is 0 Å². The smallest absolute Gasteiger partial charge is 0.246 e. The number of ketones is 1. The molecule has 156 valence electrons. The van der Waals surface area contributed by atoms with Gasteiger partial charge in [0, 0.05) is 31.2 Å². The summed E-state index contributed by atoms with van der Waals surface area (Å²) in [6, 6.07) is 11.6. The van der Waals surface area contributed by atoms with Crippen molar-refractivity contribution in [2.45, 2.75) is 4.90 Å². The number of Topliss-reactive ketones (excluding diaryl/α,β-unsaturated/α-hetero) is 1. The first-order valence-electron chi connectivity index (χ1n) is 9.09. The van der Waals surface area contributed by atoms with Gasteiger partial charge in [-0.05, 0) is 30.3 Å². The summed E-state index contributed by atoms with van der Waals surface area (Å²) in [5.41, 5.74) is 0.522. The molecule has 9 heteroatoms. The number of sulfonamides is 1. The zero-order valence-corrected chi connectivity index (χ0v) is 17.9. The van der Waals surface area contributed by atoms with Crippen LogP contribution in [-0.4, -0.2) is 70.3 Å². The summed E-state index contributed by atoms with van der Waals surface area (Å²) in [6.07, 6.45) is 0. The van der Waals surface area contributed by atoms with Crippen LogP contribution in [0.4, 0.5) is 0 Å². The SMILES string of the molecule is COc1ccccc1C(=O)CN1CCN(S(=O)(=O)c2cc(Cl)ccc2OC)CC1. The van der Waals surface area contributed by atoms with Crippen molar-refractivity contribution < 1.29 is 22.7 Å². The number of hydrogen-bond acceptors (Lipinski definition) is 6. The van der Waals surface area contributed by atoms with Gasteiger partial charge in [-0.1, -0.05) is 23.7 Å². The normalized spacial score (nSPS) is 15.8. The molecular formula is C20H23ClN2O5S. The van der Waals surface area contributed by atoms with Crippen molar-refractivity contribution in [2.75, 3.05) is 46.9 Å². The molecule has 0 atom stereocenters. The van der Waals surface area contributed by atoms with Crippen molar-refractivity contribution >= 4 is 27.4 Å². The predicted octanol–water partition coefficient (Wildman–Crippen LogP) is 2.55. The van der Waals surface area contributed by atoms with Gasteiger partial charge in [0.1, 0.15) is 16.4 Å². The molecule has 0 aliphatic carbocycles. The number of benzene rings is 2. The topological polar surface area (TPSA) is 76.2 Å². The Balaban J connectivity index is 1.67. The van der Waals surface area contributed by atoms with E-state index in [4.69, 9.17) is 21.1 Å². The summed E-state index contributed by atoms with van der Waals surface area (Å²) in [6.45, 7) is 1.65. The van der Waals surface area contributed by atoms with Crippen LogP contribution in [0.25, 0.3) is 0 Å². The Bertz CT molecular complexity index is 988. The first-order chi connectivity index (χ1) is 13.9. The summed E-state index contributed by atoms with van der Waals surface area (Å²) >= 11 is 5.99. The summed E-state index contributed by atoms with van der Waals surface area (Å²) in [4.78, 5) is 14.6. The van der Waals surface area contributed by atoms with Crippen LogP contribution in [-0.2, 0) is 10.0 Å². The average molecular weight is 439 g/mol. The Morgan fingerprint density at radius 1 is 1.00 bits per heavy atom. The third kappa shape index (κ3) is 4.72. The standard InChI is InChI=1S/C20H23ClN2O5S/c1-27-18-6-4-3-5-16(18)17(24)14-22-9-11-23(12-10-22)29(25,26)20-13-15(21)7-8-19(20)28-2/h3-8,13H,9-12,14H2,1-2H3. The lowest BCUT2D eigenvalue weighted by atomic mass is 10.1. The fourth-order valence-electron chi connectivity index (χ4n) is 3.28. The molecule has 1 heterocycles. The lowest BCUT2D eigenvalue weighted by Crippen LogP contribution is -2.49. The monoisotopic (exact) mass is 438 g/mol. The highest BCUT2D eigenvalue weighted by Crippen LogP contribution is 2.30. The number of rotatable bonds is 7. The van der Waals surface area contributed by atoms with Gasteiger partial charge in [-0.15, -0.1) is 0 Å². The Morgan fingerprint density at radius 2 is 1.66 bits per heavy atom. The first kappa shape index (κ1) is 21.6. The molecule has 1 aliphatic heterocycles. The number of para-hydroxylation sites is 1. The van der Waals surface area contributed by atoms with Crippen molar-refractivity contribution in [2.24, 2.45) is 0 Å². The third-order valence-corrected chi connectivity index (χ3v) is 7.00. The number of carbonyl (C=O) groups is 1. The number of nitrogens with zero attached hydrogens (tertiary/aromatic N) is 2. The van der Waals surface area contributed by atoms with Gasteiger partial charge < -0.3 is 9.47 Å². The lowest BCUT2D eigenvalue weighted by Gasteiger charge is -2.33. The van der Waals surface area contributed by atoms with E-state index in [0.29, 0.717) is 29.4 Å². The minimum absolute atomic E-state index is 0.0473. The molecule has 0 unspecified atom stereocenters. The molecule has 0 spiro atoms. The van der Waals surface area contributed by atoms with E-state index < -0.39 is 10.0 Å². The van der Waals surface area contributed by atoms with Gasteiger partial charge in [-0.3, -0.25) is 9.69 Å². The second-order valence-corrected chi connectivity index (χ2v) is 8.94. The summed E-state index contributed by atoms with van der Waals surface area (Å²) in [5, 5.41) is 0.324. The number of carbonyl (C=O) groups excluding carboxylic acids is 1. The molecule has 1 saturated heterocycles. The van der Waals surface area contributed by atoms with Gasteiger partial charge >= 0.3 is 0 Å². The minimum atomic E-state index is -3.75. The highest BCUT2D eigenvalue weighted by atomic mass is 35.5. The van der Waals surface area contributed by atoms with Gasteiger partial charge in [-0.25, -0.2) is 8.42 Å². The quantitative estimate of drug-likeness (QED) is 0.618. The molecule has 1 aliphatic rings. The van der Waals surface area contributed by atoms with Crippen molar-refractivity contribution in [1.29, 1.82) is 0 Å². The minimum Gasteiger partial charge on any atom is -0.496 e. The molecule has 0 saturated carbocycles. The van der Waals surface area contributed by atoms with Crippen molar-refractivity contribution in [3.05, 3.63) is 53.1 Å². The Morgan fingerprint density at radius 3 is 2.31 bits per heavy atom. The molecule has 0 radical (unpaired) electrons. The number of piperazine rings is 1. The zero-order chi connectivity index (χ0) is 21.0. The number of hydrogen-bond donors (Lipinski definition) is 0. The van der Waals surface area contributed by atoms with Gasteiger partial charge in [0.15, 0.2) is 5.78 Å². The number of ether oxygens (including phenoxy) is 2. The largest absolute Gasteiger partial charge is 0.496 e. The summed E-state index contributed by atoms with van der Waals surface area (Å²) in [7, 11) is -0.802.